The number of carbonyl (C=O) groups is 1. The van der Waals surface area contributed by atoms with Crippen molar-refractivity contribution in [3.63, 3.8) is 0 Å². The van der Waals surface area contributed by atoms with Gasteiger partial charge in [-0.15, -0.1) is 12.4 Å². The van der Waals surface area contributed by atoms with Crippen LogP contribution < -0.4 is 5.73 Å². The van der Waals surface area contributed by atoms with Crippen molar-refractivity contribution in [2.75, 3.05) is 20.8 Å². The van der Waals surface area contributed by atoms with Crippen molar-refractivity contribution in [3.8, 4) is 0 Å². The zero-order chi connectivity index (χ0) is 15.4. The maximum Gasteiger partial charge on any atom is 0.241 e. The van der Waals surface area contributed by atoms with E-state index in [0.29, 0.717) is 5.92 Å². The van der Waals surface area contributed by atoms with Crippen LogP contribution in [-0.2, 0) is 9.53 Å². The second kappa shape index (κ2) is 8.51. The summed E-state index contributed by atoms with van der Waals surface area (Å²) in [7, 11) is 3.44. The minimum absolute atomic E-state index is 0. The lowest BCUT2D eigenvalue weighted by Gasteiger charge is -2.32. The van der Waals surface area contributed by atoms with Gasteiger partial charge in [0.2, 0.25) is 5.91 Å². The van der Waals surface area contributed by atoms with Crippen LogP contribution in [0.15, 0.2) is 24.3 Å². The minimum Gasteiger partial charge on any atom is -0.383 e. The number of carbonyl (C=O) groups excluding carboxylic acids is 1. The predicted octanol–water partition coefficient (Wildman–Crippen LogP) is 2.49. The predicted molar refractivity (Wildman–Crippen MR) is 91.4 cm³/mol. The molecule has 1 aromatic rings. The average molecular weight is 327 g/mol. The molecule has 3 atom stereocenters. The number of aryl methyl sites for hydroxylation is 1. The van der Waals surface area contributed by atoms with E-state index < -0.39 is 6.04 Å². The highest BCUT2D eigenvalue weighted by Crippen LogP contribution is 2.37. The fourth-order valence-corrected chi connectivity index (χ4v) is 3.28. The van der Waals surface area contributed by atoms with E-state index in [1.165, 1.54) is 11.1 Å². The molecule has 0 radical (unpaired) electrons. The fraction of sp³-hybridized carbons (Fsp3) is 0.588. The van der Waals surface area contributed by atoms with Crippen molar-refractivity contribution >= 4 is 18.3 Å². The van der Waals surface area contributed by atoms with E-state index in [9.17, 15) is 4.79 Å². The van der Waals surface area contributed by atoms with Crippen LogP contribution in [-0.4, -0.2) is 43.7 Å². The number of methoxy groups -OCH3 is 1. The molecule has 5 heteroatoms. The van der Waals surface area contributed by atoms with Crippen molar-refractivity contribution in [1.29, 1.82) is 0 Å². The first-order valence-electron chi connectivity index (χ1n) is 7.62. The third kappa shape index (κ3) is 4.22. The van der Waals surface area contributed by atoms with Gasteiger partial charge in [0.25, 0.3) is 0 Å². The summed E-state index contributed by atoms with van der Waals surface area (Å²) in [4.78, 5) is 14.2. The van der Waals surface area contributed by atoms with Crippen molar-refractivity contribution in [2.45, 2.75) is 44.2 Å². The molecule has 1 aromatic carbocycles. The molecule has 0 aromatic heterocycles. The monoisotopic (exact) mass is 326 g/mol. The van der Waals surface area contributed by atoms with Crippen LogP contribution in [0, 0.1) is 6.92 Å². The first kappa shape index (κ1) is 18.9. The molecule has 0 aliphatic heterocycles. The normalized spacial score (nSPS) is 22.0. The van der Waals surface area contributed by atoms with E-state index in [4.69, 9.17) is 10.5 Å². The molecule has 1 saturated carbocycles. The fourth-order valence-electron chi connectivity index (χ4n) is 3.28. The maximum absolute atomic E-state index is 12.4. The summed E-state index contributed by atoms with van der Waals surface area (Å²) >= 11 is 0. The molecular formula is C17H27ClN2O2. The molecule has 1 aliphatic carbocycles. The Morgan fingerprint density at radius 1 is 1.36 bits per heavy atom. The molecule has 2 rings (SSSR count). The van der Waals surface area contributed by atoms with E-state index in [0.717, 1.165) is 19.3 Å². The number of hydrogen-bond acceptors (Lipinski definition) is 3. The number of hydrogen-bond donors (Lipinski definition) is 1. The van der Waals surface area contributed by atoms with Gasteiger partial charge in [-0.25, -0.2) is 0 Å². The second-order valence-electron chi connectivity index (χ2n) is 6.03. The van der Waals surface area contributed by atoms with Crippen LogP contribution in [0.2, 0.25) is 0 Å². The van der Waals surface area contributed by atoms with Crippen molar-refractivity contribution in [3.05, 3.63) is 35.4 Å². The van der Waals surface area contributed by atoms with Gasteiger partial charge in [-0.2, -0.15) is 0 Å². The highest BCUT2D eigenvalue weighted by molar-refractivity contribution is 5.85. The molecule has 0 spiro atoms. The van der Waals surface area contributed by atoms with Gasteiger partial charge < -0.3 is 15.4 Å². The van der Waals surface area contributed by atoms with E-state index in [1.54, 1.807) is 7.11 Å². The Labute approximate surface area is 139 Å². The molecule has 124 valence electrons. The highest BCUT2D eigenvalue weighted by Gasteiger charge is 2.35. The Morgan fingerprint density at radius 3 is 2.59 bits per heavy atom. The minimum atomic E-state index is -0.570. The summed E-state index contributed by atoms with van der Waals surface area (Å²) < 4.78 is 4.99. The van der Waals surface area contributed by atoms with Gasteiger partial charge >= 0.3 is 0 Å². The molecule has 1 fully saturated rings. The summed E-state index contributed by atoms with van der Waals surface area (Å²) in [6, 6.07) is 8.33. The molecule has 2 N–H and O–H groups in total. The summed E-state index contributed by atoms with van der Waals surface area (Å²) in [5.74, 6) is 0.384. The number of benzene rings is 1. The van der Waals surface area contributed by atoms with E-state index in [-0.39, 0.29) is 31.0 Å². The van der Waals surface area contributed by atoms with Crippen LogP contribution in [0.5, 0.6) is 0 Å². The summed E-state index contributed by atoms with van der Waals surface area (Å²) in [5, 5.41) is 0. The van der Waals surface area contributed by atoms with Gasteiger partial charge in [-0.3, -0.25) is 4.79 Å². The third-order valence-corrected chi connectivity index (χ3v) is 4.49. The Hall–Kier alpha value is -1.10. The van der Waals surface area contributed by atoms with Gasteiger partial charge in [-0.05, 0) is 25.3 Å². The summed E-state index contributed by atoms with van der Waals surface area (Å²) in [6.07, 6.45) is 3.33. The lowest BCUT2D eigenvalue weighted by atomic mass is 9.92. The summed E-state index contributed by atoms with van der Waals surface area (Å²) in [5.41, 5.74) is 8.47. The number of amides is 1. The first-order valence-corrected chi connectivity index (χ1v) is 7.62. The van der Waals surface area contributed by atoms with E-state index in [2.05, 4.69) is 31.2 Å². The second-order valence-corrected chi connectivity index (χ2v) is 6.03. The first-order chi connectivity index (χ1) is 10.0. The maximum atomic E-state index is 12.4. The molecule has 4 nitrogen and oxygen atoms in total. The molecule has 22 heavy (non-hydrogen) atoms. The van der Waals surface area contributed by atoms with Crippen LogP contribution in [0.3, 0.4) is 0 Å². The molecule has 1 aliphatic rings. The van der Waals surface area contributed by atoms with Crippen molar-refractivity contribution in [1.82, 2.24) is 4.90 Å². The zero-order valence-electron chi connectivity index (χ0n) is 13.6. The Kier molecular flexibility index (Phi) is 7.33. The van der Waals surface area contributed by atoms with Gasteiger partial charge in [0, 0.05) is 26.1 Å². The average Bonchev–Trinajstić information content (AvgIpc) is 2.96. The van der Waals surface area contributed by atoms with Crippen LogP contribution in [0.4, 0.5) is 0 Å². The molecule has 1 amide bonds. The smallest absolute Gasteiger partial charge is 0.241 e. The van der Waals surface area contributed by atoms with E-state index >= 15 is 0 Å². The Morgan fingerprint density at radius 2 is 2.00 bits per heavy atom. The number of likely N-dealkylation sites (N-methyl/N-ethyl adjacent to an activating group) is 1. The number of nitrogens with zero attached hydrogens (tertiary/aromatic N) is 1. The molecule has 0 saturated heterocycles. The summed E-state index contributed by atoms with van der Waals surface area (Å²) in [6.45, 7) is 2.36. The highest BCUT2D eigenvalue weighted by atomic mass is 35.5. The van der Waals surface area contributed by atoms with Gasteiger partial charge in [-0.1, -0.05) is 36.2 Å². The van der Waals surface area contributed by atoms with E-state index in [1.807, 2.05) is 11.9 Å². The van der Waals surface area contributed by atoms with Crippen molar-refractivity contribution < 1.29 is 9.53 Å². The number of ether oxygens (including phenoxy) is 1. The number of rotatable bonds is 5. The van der Waals surface area contributed by atoms with Gasteiger partial charge in [0.15, 0.2) is 0 Å². The van der Waals surface area contributed by atoms with Crippen LogP contribution in [0.1, 0.15) is 36.3 Å². The van der Waals surface area contributed by atoms with Crippen LogP contribution >= 0.6 is 12.4 Å². The van der Waals surface area contributed by atoms with Gasteiger partial charge in [0.1, 0.15) is 6.04 Å². The lowest BCUT2D eigenvalue weighted by Crippen LogP contribution is -2.49. The van der Waals surface area contributed by atoms with Gasteiger partial charge in [0.05, 0.1) is 6.61 Å². The van der Waals surface area contributed by atoms with Crippen molar-refractivity contribution in [2.24, 2.45) is 5.73 Å². The van der Waals surface area contributed by atoms with Crippen LogP contribution in [0.25, 0.3) is 0 Å². The largest absolute Gasteiger partial charge is 0.383 e. The standard InChI is InChI=1S/C17H26N2O2.ClH/c1-12-7-9-13(10-8-12)14-5-4-6-16(14)19(2)17(20)15(18)11-21-3;/h7-10,14-16H,4-6,11,18H2,1-3H3;1H. The zero-order valence-corrected chi connectivity index (χ0v) is 14.4. The molecule has 3 unspecified atom stereocenters. The Bertz CT molecular complexity index is 478. The molecule has 0 bridgehead atoms. The third-order valence-electron chi connectivity index (χ3n) is 4.49. The quantitative estimate of drug-likeness (QED) is 0.904. The topological polar surface area (TPSA) is 55.6 Å². The Balaban J connectivity index is 0.00000242. The SMILES string of the molecule is COCC(N)C(=O)N(C)C1CCCC1c1ccc(C)cc1.Cl. The lowest BCUT2D eigenvalue weighted by molar-refractivity contribution is -0.134. The molecule has 0 heterocycles. The number of nitrogens with two attached hydrogens (primary N) is 1. The molecular weight excluding hydrogens is 300 g/mol. The number of halogens is 1.